The van der Waals surface area contributed by atoms with Crippen LogP contribution in [-0.2, 0) is 10.0 Å². The minimum absolute atomic E-state index is 0.0693. The maximum Gasteiger partial charge on any atom is 0.241 e. The maximum atomic E-state index is 11.8. The minimum Gasteiger partial charge on any atom is -0.225 e. The first-order valence-corrected chi connectivity index (χ1v) is 9.15. The van der Waals surface area contributed by atoms with E-state index in [4.69, 9.17) is 39.9 Å². The summed E-state index contributed by atoms with van der Waals surface area (Å²) < 4.78 is 21.8. The van der Waals surface area contributed by atoms with Crippen molar-refractivity contribution >= 4 is 56.6 Å². The van der Waals surface area contributed by atoms with Gasteiger partial charge in [0, 0.05) is 4.90 Å². The molecule has 8 heteroatoms. The number of thioether (sulfide) groups is 1. The number of nitrogens with two attached hydrogens (primary N) is 1. The van der Waals surface area contributed by atoms with Crippen molar-refractivity contribution in [2.24, 2.45) is 5.14 Å². The molecule has 2 N–H and O–H groups in total. The second-order valence-corrected chi connectivity index (χ2v) is 9.80. The van der Waals surface area contributed by atoms with E-state index in [-0.39, 0.29) is 4.90 Å². The Kier molecular flexibility index (Phi) is 5.13. The number of benzene rings is 2. The molecule has 0 heterocycles. The molecule has 0 spiro atoms. The fraction of sp³-hybridized carbons (Fsp3) is 0.0769. The first-order chi connectivity index (χ1) is 9.68. The van der Waals surface area contributed by atoms with E-state index in [1.54, 1.807) is 12.1 Å². The molecule has 0 amide bonds. The van der Waals surface area contributed by atoms with Crippen molar-refractivity contribution in [3.8, 4) is 11.1 Å². The third-order valence-electron chi connectivity index (χ3n) is 2.59. The molecule has 0 aliphatic carbocycles. The topological polar surface area (TPSA) is 60.2 Å². The van der Waals surface area contributed by atoms with Crippen molar-refractivity contribution in [3.05, 3.63) is 48.5 Å². The second kappa shape index (κ2) is 6.36. The van der Waals surface area contributed by atoms with E-state index < -0.39 is 13.1 Å². The molecule has 0 fully saturated rings. The third kappa shape index (κ3) is 4.52. The Morgan fingerprint density at radius 3 is 2.10 bits per heavy atom. The molecular formula is C13H10Cl3NO2S2. The van der Waals surface area contributed by atoms with Crippen molar-refractivity contribution in [2.45, 2.75) is 12.9 Å². The molecule has 0 unspecified atom stereocenters. The SMILES string of the molecule is NS(=O)(=O)c1cccc(-c2ccccc2)c1SC(Cl)(Cl)Cl. The van der Waals surface area contributed by atoms with E-state index in [0.717, 1.165) is 17.3 Å². The van der Waals surface area contributed by atoms with Gasteiger partial charge in [0.05, 0.1) is 4.90 Å². The molecule has 2 aromatic carbocycles. The summed E-state index contributed by atoms with van der Waals surface area (Å²) in [5.41, 5.74) is 1.44. The van der Waals surface area contributed by atoms with Crippen LogP contribution < -0.4 is 5.14 Å². The Labute approximate surface area is 142 Å². The molecule has 0 saturated heterocycles. The largest absolute Gasteiger partial charge is 0.241 e. The predicted molar refractivity (Wildman–Crippen MR) is 89.4 cm³/mol. The highest BCUT2D eigenvalue weighted by Crippen LogP contribution is 2.48. The molecule has 0 atom stereocenters. The quantitative estimate of drug-likeness (QED) is 0.631. The lowest BCUT2D eigenvalue weighted by molar-refractivity contribution is 0.596. The van der Waals surface area contributed by atoms with Crippen LogP contribution in [0.4, 0.5) is 0 Å². The second-order valence-electron chi connectivity index (χ2n) is 4.09. The Morgan fingerprint density at radius 1 is 0.952 bits per heavy atom. The van der Waals surface area contributed by atoms with Crippen LogP contribution in [0.3, 0.4) is 0 Å². The van der Waals surface area contributed by atoms with Gasteiger partial charge in [0.2, 0.25) is 13.1 Å². The van der Waals surface area contributed by atoms with Crippen molar-refractivity contribution in [3.63, 3.8) is 0 Å². The molecule has 0 aliphatic rings. The zero-order chi connectivity index (χ0) is 15.7. The van der Waals surface area contributed by atoms with Crippen molar-refractivity contribution in [1.82, 2.24) is 0 Å². The zero-order valence-electron chi connectivity index (χ0n) is 10.5. The van der Waals surface area contributed by atoms with E-state index in [1.165, 1.54) is 6.07 Å². The summed E-state index contributed by atoms with van der Waals surface area (Å²) in [6.45, 7) is 0. The summed E-state index contributed by atoms with van der Waals surface area (Å²) in [7, 11) is -3.93. The van der Waals surface area contributed by atoms with Gasteiger partial charge < -0.3 is 0 Å². The molecule has 3 nitrogen and oxygen atoms in total. The normalized spacial score (nSPS) is 12.4. The average Bonchev–Trinajstić information content (AvgIpc) is 2.37. The lowest BCUT2D eigenvalue weighted by Gasteiger charge is -2.17. The Balaban J connectivity index is 2.71. The summed E-state index contributed by atoms with van der Waals surface area (Å²) in [4.78, 5) is 0.242. The molecule has 2 aromatic rings. The average molecular weight is 383 g/mol. The van der Waals surface area contributed by atoms with Gasteiger partial charge in [-0.25, -0.2) is 13.6 Å². The monoisotopic (exact) mass is 381 g/mol. The van der Waals surface area contributed by atoms with Gasteiger partial charge in [0.25, 0.3) is 0 Å². The van der Waals surface area contributed by atoms with Gasteiger partial charge in [-0.2, -0.15) is 0 Å². The maximum absolute atomic E-state index is 11.8. The Hall–Kier alpha value is -0.430. The number of primary sulfonamides is 1. The molecule has 0 saturated carbocycles. The van der Waals surface area contributed by atoms with Crippen LogP contribution in [-0.4, -0.2) is 11.5 Å². The van der Waals surface area contributed by atoms with Gasteiger partial charge >= 0.3 is 0 Å². The number of sulfonamides is 1. The molecular weight excluding hydrogens is 373 g/mol. The predicted octanol–water partition coefficient (Wildman–Crippen LogP) is 4.42. The fourth-order valence-electron chi connectivity index (χ4n) is 1.81. The lowest BCUT2D eigenvalue weighted by Crippen LogP contribution is -2.14. The number of halogens is 3. The van der Waals surface area contributed by atoms with E-state index in [2.05, 4.69) is 0 Å². The minimum atomic E-state index is -3.93. The molecule has 2 rings (SSSR count). The van der Waals surface area contributed by atoms with Crippen LogP contribution >= 0.6 is 46.6 Å². The number of hydrogen-bond donors (Lipinski definition) is 1. The molecule has 0 radical (unpaired) electrons. The van der Waals surface area contributed by atoms with E-state index >= 15 is 0 Å². The zero-order valence-corrected chi connectivity index (χ0v) is 14.4. The van der Waals surface area contributed by atoms with Gasteiger partial charge in [-0.3, -0.25) is 0 Å². The van der Waals surface area contributed by atoms with Gasteiger partial charge in [0.1, 0.15) is 0 Å². The smallest absolute Gasteiger partial charge is 0.225 e. The number of hydrogen-bond acceptors (Lipinski definition) is 3. The lowest BCUT2D eigenvalue weighted by atomic mass is 10.1. The van der Waals surface area contributed by atoms with Crippen LogP contribution in [0.15, 0.2) is 58.3 Å². The summed E-state index contributed by atoms with van der Waals surface area (Å²) in [5, 5.41) is 5.25. The van der Waals surface area contributed by atoms with Gasteiger partial charge in [-0.05, 0) is 17.2 Å². The summed E-state index contributed by atoms with van der Waals surface area (Å²) in [5.74, 6) is 0. The highest BCUT2D eigenvalue weighted by molar-refractivity contribution is 8.05. The van der Waals surface area contributed by atoms with E-state index in [1.807, 2.05) is 30.3 Å². The molecule has 112 valence electrons. The summed E-state index contributed by atoms with van der Waals surface area (Å²) in [6, 6.07) is 13.9. The highest BCUT2D eigenvalue weighted by atomic mass is 35.6. The van der Waals surface area contributed by atoms with Crippen molar-refractivity contribution in [1.29, 1.82) is 0 Å². The van der Waals surface area contributed by atoms with Gasteiger partial charge in [0.15, 0.2) is 0 Å². The third-order valence-corrected chi connectivity index (χ3v) is 5.24. The van der Waals surface area contributed by atoms with Crippen LogP contribution in [0.25, 0.3) is 11.1 Å². The van der Waals surface area contributed by atoms with Crippen molar-refractivity contribution < 1.29 is 8.42 Å². The number of alkyl halides is 3. The van der Waals surface area contributed by atoms with E-state index in [9.17, 15) is 8.42 Å². The molecule has 21 heavy (non-hydrogen) atoms. The summed E-state index contributed by atoms with van der Waals surface area (Å²) in [6.07, 6.45) is 0. The summed E-state index contributed by atoms with van der Waals surface area (Å²) >= 11 is 18.2. The first-order valence-electron chi connectivity index (χ1n) is 5.65. The molecule has 0 bridgehead atoms. The molecule has 0 aliphatic heterocycles. The van der Waals surface area contributed by atoms with Gasteiger partial charge in [-0.1, -0.05) is 89.0 Å². The fourth-order valence-corrected chi connectivity index (χ4v) is 4.31. The van der Waals surface area contributed by atoms with Crippen LogP contribution in [0.2, 0.25) is 0 Å². The molecule has 0 aromatic heterocycles. The van der Waals surface area contributed by atoms with Gasteiger partial charge in [-0.15, -0.1) is 0 Å². The highest BCUT2D eigenvalue weighted by Gasteiger charge is 2.28. The van der Waals surface area contributed by atoms with Crippen LogP contribution in [0, 0.1) is 0 Å². The first kappa shape index (κ1) is 16.9. The number of rotatable bonds is 3. The van der Waals surface area contributed by atoms with Crippen LogP contribution in [0.5, 0.6) is 0 Å². The van der Waals surface area contributed by atoms with Crippen LogP contribution in [0.1, 0.15) is 0 Å². The Morgan fingerprint density at radius 2 is 1.57 bits per heavy atom. The van der Waals surface area contributed by atoms with Crippen molar-refractivity contribution in [2.75, 3.05) is 0 Å². The Bertz CT molecular complexity index is 744. The van der Waals surface area contributed by atoms with E-state index in [0.29, 0.717) is 10.5 Å². The standard InChI is InChI=1S/C13H10Cl3NO2S2/c14-13(15,16)20-12-10(9-5-2-1-3-6-9)7-4-8-11(12)21(17,18)19/h1-8H,(H2,17,18,19).